The molecule has 2 aromatic carbocycles. The molecule has 22 heteroatoms. The van der Waals surface area contributed by atoms with Crippen molar-refractivity contribution in [2.45, 2.75) is 120 Å². The highest BCUT2D eigenvalue weighted by molar-refractivity contribution is 8.76. The van der Waals surface area contributed by atoms with Crippen LogP contribution in [0.15, 0.2) is 42.0 Å². The van der Waals surface area contributed by atoms with Gasteiger partial charge in [0.1, 0.15) is 40.7 Å². The Hall–Kier alpha value is -4.54. The molecule has 2 N–H and O–H groups in total. The molecule has 0 aliphatic carbocycles. The van der Waals surface area contributed by atoms with Crippen LogP contribution in [0.4, 0.5) is 28.0 Å². The van der Waals surface area contributed by atoms with Crippen LogP contribution >= 0.6 is 33.2 Å². The van der Waals surface area contributed by atoms with Crippen LogP contribution in [-0.2, 0) is 44.5 Å². The van der Waals surface area contributed by atoms with E-state index in [0.29, 0.717) is 17.9 Å². The van der Waals surface area contributed by atoms with E-state index in [1.165, 1.54) is 66.6 Å². The third-order valence-electron chi connectivity index (χ3n) is 12.2. The van der Waals surface area contributed by atoms with Gasteiger partial charge in [0.05, 0.1) is 25.3 Å². The summed E-state index contributed by atoms with van der Waals surface area (Å²) < 4.78 is 88.6. The van der Waals surface area contributed by atoms with Crippen LogP contribution in [0.5, 0.6) is 11.5 Å². The zero-order valence-electron chi connectivity index (χ0n) is 39.0. The molecular weight excluding hydrogens is 962 g/mol. The molecule has 3 heterocycles. The fourth-order valence-corrected chi connectivity index (χ4v) is 10.5. The SMILES string of the molecule is COc1cc2cc(c1Cl)N(C)C(=O)C[C@H](OC(=O)[C@H](C)N(C)C(=O)CCSSC(C)CCC(=O)Oc1c(F)c(F)cc(F)c1F)[C@]1(C)O[C@H]1[C@H](C)[C@@H]1C[C@@](O)(NC(=O)O1)[C@H](OC)/C=C/C=C(\C)C2. The first-order valence-corrected chi connectivity index (χ1v) is 24.4. The quantitative estimate of drug-likeness (QED) is 0.0359. The van der Waals surface area contributed by atoms with Crippen LogP contribution in [0.3, 0.4) is 0 Å². The van der Waals surface area contributed by atoms with Crippen molar-refractivity contribution >= 4 is 68.7 Å². The second-order valence-corrected chi connectivity index (χ2v) is 20.5. The number of alkyl carbamates (subject to hydrolysis) is 1. The van der Waals surface area contributed by atoms with E-state index in [1.54, 1.807) is 45.1 Å². The van der Waals surface area contributed by atoms with Gasteiger partial charge in [-0.05, 0) is 51.3 Å². The number of benzene rings is 2. The molecule has 3 aliphatic heterocycles. The van der Waals surface area contributed by atoms with Crippen molar-refractivity contribution in [2.24, 2.45) is 5.92 Å². The van der Waals surface area contributed by atoms with Gasteiger partial charge >= 0.3 is 18.0 Å². The molecule has 68 heavy (non-hydrogen) atoms. The number of amides is 3. The van der Waals surface area contributed by atoms with Gasteiger partial charge in [-0.3, -0.25) is 19.7 Å². The number of rotatable bonds is 14. The fraction of sp³-hybridized carbons (Fsp3) is 0.543. The maximum absolute atomic E-state index is 14.3. The average Bonchev–Trinajstić information content (AvgIpc) is 3.99. The number of epoxide rings is 1. The monoisotopic (exact) mass is 1020 g/mol. The number of ether oxygens (including phenoxy) is 6. The lowest BCUT2D eigenvalue weighted by Crippen LogP contribution is -2.63. The third-order valence-corrected chi connectivity index (χ3v) is 15.5. The van der Waals surface area contributed by atoms with Crippen LogP contribution < -0.4 is 19.7 Å². The topological polar surface area (TPSA) is 183 Å². The Morgan fingerprint density at radius 2 is 1.76 bits per heavy atom. The number of hydrogen-bond donors (Lipinski definition) is 2. The molecular formula is C46H56ClF4N3O12S2. The molecule has 0 radical (unpaired) electrons. The number of carbonyl (C=O) groups is 5. The summed E-state index contributed by atoms with van der Waals surface area (Å²) >= 11 is 6.78. The number of methoxy groups -OCH3 is 2. The number of likely N-dealkylation sites (N-methyl/N-ethyl adjacent to an activating group) is 1. The van der Waals surface area contributed by atoms with Gasteiger partial charge in [-0.15, -0.1) is 0 Å². The Bertz CT molecular complexity index is 2290. The lowest BCUT2D eigenvalue weighted by Gasteiger charge is -2.42. The molecule has 2 saturated heterocycles. The molecule has 15 nitrogen and oxygen atoms in total. The first-order chi connectivity index (χ1) is 31.9. The largest absolute Gasteiger partial charge is 0.495 e. The average molecular weight is 1020 g/mol. The second kappa shape index (κ2) is 22.9. The minimum atomic E-state index is -1.89. The van der Waals surface area contributed by atoms with E-state index in [2.05, 4.69) is 10.1 Å². The lowest BCUT2D eigenvalue weighted by molar-refractivity contribution is -0.162. The number of nitrogens with one attached hydrogen (secondary N) is 1. The zero-order chi connectivity index (χ0) is 50.4. The highest BCUT2D eigenvalue weighted by Crippen LogP contribution is 2.49. The highest BCUT2D eigenvalue weighted by Gasteiger charge is 2.64. The Balaban J connectivity index is 1.27. The van der Waals surface area contributed by atoms with Gasteiger partial charge < -0.3 is 43.3 Å². The van der Waals surface area contributed by atoms with Gasteiger partial charge in [-0.25, -0.2) is 18.4 Å². The van der Waals surface area contributed by atoms with Crippen molar-refractivity contribution in [2.75, 3.05) is 39.0 Å². The number of halogens is 5. The van der Waals surface area contributed by atoms with E-state index in [-0.39, 0.29) is 47.8 Å². The van der Waals surface area contributed by atoms with Crippen LogP contribution in [0.2, 0.25) is 5.02 Å². The number of anilines is 1. The minimum Gasteiger partial charge on any atom is -0.495 e. The van der Waals surface area contributed by atoms with Crippen LogP contribution in [0.25, 0.3) is 0 Å². The van der Waals surface area contributed by atoms with Crippen LogP contribution in [0.1, 0.15) is 72.3 Å². The molecule has 3 aliphatic rings. The van der Waals surface area contributed by atoms with Gasteiger partial charge in [-0.1, -0.05) is 70.8 Å². The Kier molecular flexibility index (Phi) is 18.3. The van der Waals surface area contributed by atoms with Crippen LogP contribution in [0, 0.1) is 29.2 Å². The minimum absolute atomic E-state index is 0.00325. The number of fused-ring (bicyclic) bond motifs is 5. The number of nitrogens with zero attached hydrogens (tertiary/aromatic N) is 2. The van der Waals surface area contributed by atoms with Gasteiger partial charge in [0.15, 0.2) is 17.4 Å². The maximum Gasteiger partial charge on any atom is 0.409 e. The van der Waals surface area contributed by atoms with Gasteiger partial charge in [0, 0.05) is 63.5 Å². The van der Waals surface area contributed by atoms with E-state index in [0.717, 1.165) is 11.1 Å². The summed E-state index contributed by atoms with van der Waals surface area (Å²) in [5, 5.41) is 14.2. The summed E-state index contributed by atoms with van der Waals surface area (Å²) in [4.78, 5) is 69.3. The summed E-state index contributed by atoms with van der Waals surface area (Å²) in [6, 6.07) is 2.36. The van der Waals surface area contributed by atoms with Crippen molar-refractivity contribution in [1.82, 2.24) is 10.2 Å². The van der Waals surface area contributed by atoms with E-state index >= 15 is 0 Å². The molecule has 3 amide bonds. The van der Waals surface area contributed by atoms with Crippen molar-refractivity contribution in [3.63, 3.8) is 0 Å². The smallest absolute Gasteiger partial charge is 0.409 e. The van der Waals surface area contributed by atoms with Crippen LogP contribution in [-0.4, -0.2) is 121 Å². The number of aliphatic hydroxyl groups is 1. The molecule has 2 fully saturated rings. The summed E-state index contributed by atoms with van der Waals surface area (Å²) in [6.07, 6.45) is 0.0651. The lowest BCUT2D eigenvalue weighted by atomic mass is 9.83. The number of allylic oxidation sites excluding steroid dienone is 3. The fourth-order valence-electron chi connectivity index (χ4n) is 7.86. The van der Waals surface area contributed by atoms with Gasteiger partial charge in [0.25, 0.3) is 0 Å². The van der Waals surface area contributed by atoms with Gasteiger partial charge in [-0.2, -0.15) is 8.78 Å². The van der Waals surface area contributed by atoms with Crippen molar-refractivity contribution < 1.29 is 75.1 Å². The molecule has 374 valence electrons. The first-order valence-electron chi connectivity index (χ1n) is 21.6. The standard InChI is InChI=1S/C46H56ClF4N3O12S2/c1-23-11-10-12-33(62-9)46(60)22-32(63-44(59)52-46)25(3)42-45(5,66-42)34(21-36(56)54(7)30-18-27(17-23)19-31(61-8)38(30)47)64-43(58)26(4)53(6)35(55)15-16-67-68-24(2)13-14-37(57)65-41-39(50)28(48)20-29(49)40(41)51/h10-12,18-20,24-26,32-34,42,60H,13-17,21-22H2,1-9H3,(H,52,59)/b12-10+,23-11+/t24?,25-,26+,32+,33-,34+,42+,45+,46+/m1/s1. The van der Waals surface area contributed by atoms with E-state index in [1.807, 2.05) is 13.0 Å². The second-order valence-electron chi connectivity index (χ2n) is 17.2. The van der Waals surface area contributed by atoms with Crippen molar-refractivity contribution in [1.29, 1.82) is 0 Å². The predicted molar refractivity (Wildman–Crippen MR) is 246 cm³/mol. The third kappa shape index (κ3) is 12.8. The van der Waals surface area contributed by atoms with Crippen molar-refractivity contribution in [3.8, 4) is 11.5 Å². The molecule has 9 atom stereocenters. The molecule has 0 spiro atoms. The number of esters is 2. The van der Waals surface area contributed by atoms with E-state index in [4.69, 9.17) is 35.3 Å². The molecule has 4 bridgehead atoms. The zero-order valence-corrected chi connectivity index (χ0v) is 41.4. The highest BCUT2D eigenvalue weighted by atomic mass is 35.5. The van der Waals surface area contributed by atoms with Crippen molar-refractivity contribution in [3.05, 3.63) is 75.9 Å². The number of hydrogen-bond acceptors (Lipinski definition) is 14. The molecule has 0 aromatic heterocycles. The summed E-state index contributed by atoms with van der Waals surface area (Å²) in [7, 11) is 8.40. The van der Waals surface area contributed by atoms with E-state index in [9.17, 15) is 46.6 Å². The van der Waals surface area contributed by atoms with Gasteiger partial charge in [0.2, 0.25) is 29.2 Å². The summed E-state index contributed by atoms with van der Waals surface area (Å²) in [5.74, 6) is -11.4. The first kappa shape index (κ1) is 54.4. The molecule has 0 saturated carbocycles. The predicted octanol–water partition coefficient (Wildman–Crippen LogP) is 7.62. The maximum atomic E-state index is 14.3. The Morgan fingerprint density at radius 3 is 2.41 bits per heavy atom. The number of carbonyl (C=O) groups excluding carboxylic acids is 5. The Morgan fingerprint density at radius 1 is 1.09 bits per heavy atom. The Labute approximate surface area is 404 Å². The molecule has 5 rings (SSSR count). The molecule has 1 unspecified atom stereocenters. The normalized spacial score (nSPS) is 27.3. The van der Waals surface area contributed by atoms with E-state index < -0.39 is 113 Å². The molecule has 2 aromatic rings. The summed E-state index contributed by atoms with van der Waals surface area (Å²) in [6.45, 7) is 8.52. The summed E-state index contributed by atoms with van der Waals surface area (Å²) in [5.41, 5.74) is -1.24.